The summed E-state index contributed by atoms with van der Waals surface area (Å²) >= 11 is 0. The van der Waals surface area contributed by atoms with Crippen molar-refractivity contribution < 1.29 is 24.2 Å². The van der Waals surface area contributed by atoms with Crippen molar-refractivity contribution in [3.63, 3.8) is 0 Å². The van der Waals surface area contributed by atoms with E-state index >= 15 is 0 Å². The maximum Gasteiger partial charge on any atom is 0.323 e. The highest BCUT2D eigenvalue weighted by atomic mass is 16.6. The fourth-order valence-corrected chi connectivity index (χ4v) is 6.47. The van der Waals surface area contributed by atoms with E-state index in [0.717, 1.165) is 77.3 Å². The second kappa shape index (κ2) is 35.7. The third-order valence-electron chi connectivity index (χ3n) is 9.97. The van der Waals surface area contributed by atoms with Gasteiger partial charge in [-0.05, 0) is 71.5 Å². The number of rotatable bonds is 38. The van der Waals surface area contributed by atoms with Gasteiger partial charge in [-0.15, -0.1) is 0 Å². The fourth-order valence-electron chi connectivity index (χ4n) is 6.47. The predicted molar refractivity (Wildman–Crippen MR) is 204 cm³/mol. The van der Waals surface area contributed by atoms with E-state index in [1.165, 1.54) is 122 Å². The largest absolute Gasteiger partial charge is 0.465 e. The quantitative estimate of drug-likeness (QED) is 0.0397. The van der Waals surface area contributed by atoms with Crippen LogP contribution in [0.3, 0.4) is 0 Å². The molecular weight excluding hydrogens is 598 g/mol. The van der Waals surface area contributed by atoms with Crippen LogP contribution < -0.4 is 0 Å². The molecule has 0 spiro atoms. The van der Waals surface area contributed by atoms with Gasteiger partial charge in [-0.1, -0.05) is 162 Å². The van der Waals surface area contributed by atoms with E-state index in [9.17, 15) is 9.59 Å². The average molecular weight is 682 g/mol. The Balaban J connectivity index is 4.75. The molecule has 0 saturated heterocycles. The molecule has 0 aromatic rings. The molecule has 0 aliphatic carbocycles. The molecule has 0 fully saturated rings. The van der Waals surface area contributed by atoms with E-state index in [2.05, 4.69) is 25.7 Å². The van der Waals surface area contributed by atoms with Gasteiger partial charge in [0.2, 0.25) is 0 Å². The second-order valence-corrected chi connectivity index (χ2v) is 14.8. The Hall–Kier alpha value is -1.14. The molecular formula is C42H83NO5. The Labute approximate surface area is 299 Å². The van der Waals surface area contributed by atoms with Crippen LogP contribution in [0.15, 0.2) is 0 Å². The Bertz CT molecular complexity index is 670. The SMILES string of the molecule is CCCCCCCCCCN(CCCCCCO)CCCCCCC(C)(C(=O)OCCCCCCCC)C(=O)OCCCCCCCC. The summed E-state index contributed by atoms with van der Waals surface area (Å²) in [6, 6.07) is 0. The molecule has 0 atom stereocenters. The lowest BCUT2D eigenvalue weighted by Gasteiger charge is -2.26. The number of carbonyl (C=O) groups excluding carboxylic acids is 2. The molecule has 0 radical (unpaired) electrons. The molecule has 0 rings (SSSR count). The summed E-state index contributed by atoms with van der Waals surface area (Å²) in [5.74, 6) is -0.802. The lowest BCUT2D eigenvalue weighted by atomic mass is 9.84. The first-order valence-corrected chi connectivity index (χ1v) is 21.1. The van der Waals surface area contributed by atoms with Crippen molar-refractivity contribution in [2.75, 3.05) is 39.5 Å². The highest BCUT2D eigenvalue weighted by Gasteiger charge is 2.43. The van der Waals surface area contributed by atoms with Crippen LogP contribution in [0, 0.1) is 5.41 Å². The van der Waals surface area contributed by atoms with Crippen molar-refractivity contribution >= 4 is 11.9 Å². The van der Waals surface area contributed by atoms with Gasteiger partial charge in [0.15, 0.2) is 5.41 Å². The Morgan fingerprint density at radius 1 is 0.458 bits per heavy atom. The van der Waals surface area contributed by atoms with Gasteiger partial charge in [-0.25, -0.2) is 0 Å². The van der Waals surface area contributed by atoms with Crippen LogP contribution in [0.2, 0.25) is 0 Å². The minimum absolute atomic E-state index is 0.300. The first-order valence-electron chi connectivity index (χ1n) is 21.1. The number of aliphatic hydroxyl groups is 1. The van der Waals surface area contributed by atoms with Crippen LogP contribution in [-0.4, -0.2) is 61.4 Å². The van der Waals surface area contributed by atoms with Gasteiger partial charge in [-0.3, -0.25) is 9.59 Å². The lowest BCUT2D eigenvalue weighted by molar-refractivity contribution is -0.172. The van der Waals surface area contributed by atoms with E-state index in [1.54, 1.807) is 6.92 Å². The van der Waals surface area contributed by atoms with Gasteiger partial charge in [-0.2, -0.15) is 0 Å². The zero-order valence-electron chi connectivity index (χ0n) is 32.8. The van der Waals surface area contributed by atoms with Crippen LogP contribution in [0.4, 0.5) is 0 Å². The summed E-state index contributed by atoms with van der Waals surface area (Å²) in [6.07, 6.45) is 33.4. The number of hydrogen-bond acceptors (Lipinski definition) is 6. The topological polar surface area (TPSA) is 76.1 Å². The highest BCUT2D eigenvalue weighted by Crippen LogP contribution is 2.29. The van der Waals surface area contributed by atoms with Gasteiger partial charge in [0, 0.05) is 6.61 Å². The summed E-state index contributed by atoms with van der Waals surface area (Å²) in [5, 5.41) is 9.11. The van der Waals surface area contributed by atoms with Gasteiger partial charge in [0.1, 0.15) is 0 Å². The second-order valence-electron chi connectivity index (χ2n) is 14.8. The molecule has 0 saturated carbocycles. The van der Waals surface area contributed by atoms with Crippen LogP contribution in [0.5, 0.6) is 0 Å². The third-order valence-corrected chi connectivity index (χ3v) is 9.97. The van der Waals surface area contributed by atoms with Crippen molar-refractivity contribution in [2.24, 2.45) is 5.41 Å². The van der Waals surface area contributed by atoms with E-state index in [0.29, 0.717) is 26.2 Å². The molecule has 0 aliphatic heterocycles. The van der Waals surface area contributed by atoms with Crippen molar-refractivity contribution in [3.8, 4) is 0 Å². The van der Waals surface area contributed by atoms with E-state index < -0.39 is 17.4 Å². The normalized spacial score (nSPS) is 11.8. The Morgan fingerprint density at radius 3 is 1.15 bits per heavy atom. The van der Waals surface area contributed by atoms with Crippen molar-refractivity contribution in [1.29, 1.82) is 0 Å². The zero-order chi connectivity index (χ0) is 35.4. The maximum atomic E-state index is 13.3. The average Bonchev–Trinajstić information content (AvgIpc) is 3.09. The first kappa shape index (κ1) is 46.9. The summed E-state index contributed by atoms with van der Waals surface area (Å²) in [6.45, 7) is 13.0. The number of unbranched alkanes of at least 4 members (excludes halogenated alkanes) is 23. The van der Waals surface area contributed by atoms with Crippen LogP contribution in [0.1, 0.15) is 214 Å². The molecule has 0 aromatic carbocycles. The van der Waals surface area contributed by atoms with Crippen molar-refractivity contribution in [2.45, 2.75) is 214 Å². The number of nitrogens with zero attached hydrogens (tertiary/aromatic N) is 1. The minimum Gasteiger partial charge on any atom is -0.465 e. The number of hydrogen-bond donors (Lipinski definition) is 1. The molecule has 6 nitrogen and oxygen atoms in total. The van der Waals surface area contributed by atoms with E-state index in [1.807, 2.05) is 0 Å². The smallest absolute Gasteiger partial charge is 0.323 e. The molecule has 0 amide bonds. The van der Waals surface area contributed by atoms with Crippen LogP contribution in [-0.2, 0) is 19.1 Å². The van der Waals surface area contributed by atoms with Crippen molar-refractivity contribution in [1.82, 2.24) is 4.90 Å². The van der Waals surface area contributed by atoms with Gasteiger partial charge in [0.05, 0.1) is 13.2 Å². The molecule has 1 N–H and O–H groups in total. The summed E-state index contributed by atoms with van der Waals surface area (Å²) in [5.41, 5.74) is -1.22. The van der Waals surface area contributed by atoms with E-state index in [4.69, 9.17) is 14.6 Å². The lowest BCUT2D eigenvalue weighted by Crippen LogP contribution is -2.39. The summed E-state index contributed by atoms with van der Waals surface area (Å²) in [4.78, 5) is 29.2. The first-order chi connectivity index (χ1) is 23.5. The summed E-state index contributed by atoms with van der Waals surface area (Å²) < 4.78 is 11.4. The molecule has 0 unspecified atom stereocenters. The summed E-state index contributed by atoms with van der Waals surface area (Å²) in [7, 11) is 0. The maximum absolute atomic E-state index is 13.3. The number of aliphatic hydroxyl groups excluding tert-OH is 1. The number of esters is 2. The fraction of sp³-hybridized carbons (Fsp3) is 0.952. The monoisotopic (exact) mass is 682 g/mol. The zero-order valence-corrected chi connectivity index (χ0v) is 32.8. The van der Waals surface area contributed by atoms with Gasteiger partial charge < -0.3 is 19.5 Å². The molecule has 0 aliphatic rings. The highest BCUT2D eigenvalue weighted by molar-refractivity contribution is 5.99. The Morgan fingerprint density at radius 2 is 0.771 bits per heavy atom. The standard InChI is InChI=1S/C42H83NO5/c1-5-8-11-14-17-18-20-27-34-43(36-29-22-23-30-37-44)35-28-21-19-26-33-42(4,40(45)47-38-31-24-15-12-9-6-2)41(46)48-39-32-25-16-13-10-7-3/h44H,5-39H2,1-4H3. The minimum atomic E-state index is -1.22. The van der Waals surface area contributed by atoms with Crippen molar-refractivity contribution in [3.05, 3.63) is 0 Å². The third kappa shape index (κ3) is 27.7. The van der Waals surface area contributed by atoms with Gasteiger partial charge >= 0.3 is 11.9 Å². The van der Waals surface area contributed by atoms with Crippen LogP contribution in [0.25, 0.3) is 0 Å². The molecule has 48 heavy (non-hydrogen) atoms. The number of ether oxygens (including phenoxy) is 2. The molecule has 286 valence electrons. The van der Waals surface area contributed by atoms with Crippen LogP contribution >= 0.6 is 0 Å². The Kier molecular flexibility index (Phi) is 34.8. The van der Waals surface area contributed by atoms with Gasteiger partial charge in [0.25, 0.3) is 0 Å². The van der Waals surface area contributed by atoms with E-state index in [-0.39, 0.29) is 0 Å². The predicted octanol–water partition coefficient (Wildman–Crippen LogP) is 11.7. The molecule has 0 bridgehead atoms. The molecule has 6 heteroatoms. The number of carbonyl (C=O) groups is 2. The molecule has 0 heterocycles. The molecule has 0 aromatic heterocycles.